The molecule has 1 amide bonds. The lowest BCUT2D eigenvalue weighted by Gasteiger charge is -2.18. The molecular formula is C19H20FNO3. The second-order valence-electron chi connectivity index (χ2n) is 5.95. The highest BCUT2D eigenvalue weighted by Crippen LogP contribution is 2.22. The van der Waals surface area contributed by atoms with Crippen molar-refractivity contribution in [2.45, 2.75) is 26.8 Å². The van der Waals surface area contributed by atoms with Crippen LogP contribution >= 0.6 is 0 Å². The molecule has 0 saturated heterocycles. The number of carboxylic acids is 1. The lowest BCUT2D eigenvalue weighted by Crippen LogP contribution is -2.40. The van der Waals surface area contributed by atoms with E-state index >= 15 is 0 Å². The summed E-state index contributed by atoms with van der Waals surface area (Å²) in [5, 5.41) is 11.5. The maximum absolute atomic E-state index is 14.3. The molecule has 0 saturated carbocycles. The van der Waals surface area contributed by atoms with E-state index in [1.807, 2.05) is 31.2 Å². The maximum Gasteiger partial charge on any atom is 0.308 e. The Morgan fingerprint density at radius 1 is 1.04 bits per heavy atom. The van der Waals surface area contributed by atoms with Crippen LogP contribution in [0, 0.1) is 18.7 Å². The number of carbonyl (C=O) groups is 2. The third-order valence-electron chi connectivity index (χ3n) is 4.10. The Morgan fingerprint density at radius 2 is 1.62 bits per heavy atom. The van der Waals surface area contributed by atoms with Crippen molar-refractivity contribution in [3.05, 3.63) is 59.4 Å². The Bertz CT molecular complexity index is 756. The van der Waals surface area contributed by atoms with Crippen LogP contribution in [0.5, 0.6) is 0 Å². The normalized spacial score (nSPS) is 13.2. The highest BCUT2D eigenvalue weighted by atomic mass is 19.1. The van der Waals surface area contributed by atoms with Gasteiger partial charge >= 0.3 is 5.97 Å². The molecule has 2 aromatic carbocycles. The van der Waals surface area contributed by atoms with Gasteiger partial charge in [0.05, 0.1) is 11.5 Å². The van der Waals surface area contributed by atoms with E-state index < -0.39 is 29.7 Å². The fraction of sp³-hybridized carbons (Fsp3) is 0.263. The van der Waals surface area contributed by atoms with Gasteiger partial charge < -0.3 is 10.4 Å². The van der Waals surface area contributed by atoms with Gasteiger partial charge in [-0.05, 0) is 44.0 Å². The molecular weight excluding hydrogens is 309 g/mol. The summed E-state index contributed by atoms with van der Waals surface area (Å²) >= 11 is 0. The molecule has 0 bridgehead atoms. The first-order valence-electron chi connectivity index (χ1n) is 7.70. The summed E-state index contributed by atoms with van der Waals surface area (Å²) in [5.74, 6) is -3.04. The smallest absolute Gasteiger partial charge is 0.308 e. The molecule has 126 valence electrons. The van der Waals surface area contributed by atoms with Crippen molar-refractivity contribution in [3.8, 4) is 11.1 Å². The quantitative estimate of drug-likeness (QED) is 0.880. The van der Waals surface area contributed by atoms with Gasteiger partial charge in [0.2, 0.25) is 0 Å². The molecule has 2 atom stereocenters. The predicted molar refractivity (Wildman–Crippen MR) is 90.3 cm³/mol. The Balaban J connectivity index is 2.19. The molecule has 0 fully saturated rings. The highest BCUT2D eigenvalue weighted by molar-refractivity contribution is 5.95. The molecule has 0 heterocycles. The van der Waals surface area contributed by atoms with Gasteiger partial charge in [-0.2, -0.15) is 0 Å². The summed E-state index contributed by atoms with van der Waals surface area (Å²) in [6.45, 7) is 5.04. The molecule has 2 N–H and O–H groups in total. The Morgan fingerprint density at radius 3 is 2.17 bits per heavy atom. The molecule has 2 aromatic rings. The minimum absolute atomic E-state index is 0.102. The van der Waals surface area contributed by atoms with Crippen molar-refractivity contribution in [2.24, 2.45) is 5.92 Å². The first kappa shape index (κ1) is 17.7. The summed E-state index contributed by atoms with van der Waals surface area (Å²) in [6.07, 6.45) is 0. The van der Waals surface area contributed by atoms with Gasteiger partial charge in [-0.1, -0.05) is 35.9 Å². The zero-order valence-electron chi connectivity index (χ0n) is 13.8. The highest BCUT2D eigenvalue weighted by Gasteiger charge is 2.22. The molecule has 4 nitrogen and oxygen atoms in total. The molecule has 2 rings (SSSR count). The van der Waals surface area contributed by atoms with Gasteiger partial charge in [0, 0.05) is 6.04 Å². The fourth-order valence-corrected chi connectivity index (χ4v) is 2.25. The Kier molecular flexibility index (Phi) is 5.34. The third kappa shape index (κ3) is 3.98. The van der Waals surface area contributed by atoms with E-state index in [0.717, 1.165) is 11.1 Å². The van der Waals surface area contributed by atoms with Crippen molar-refractivity contribution in [1.29, 1.82) is 0 Å². The third-order valence-corrected chi connectivity index (χ3v) is 4.10. The van der Waals surface area contributed by atoms with Gasteiger partial charge in [0.1, 0.15) is 5.82 Å². The molecule has 0 aliphatic heterocycles. The van der Waals surface area contributed by atoms with Gasteiger partial charge in [-0.15, -0.1) is 0 Å². The second kappa shape index (κ2) is 7.25. The standard InChI is InChI=1S/C19H20FNO3/c1-11-4-6-14(7-5-11)15-8-9-16(17(20)10-15)18(22)21-13(3)12(2)19(23)24/h4-10,12-13H,1-3H3,(H,21,22)(H,23,24). The molecule has 5 heteroatoms. The van der Waals surface area contributed by atoms with Crippen LogP contribution in [0.2, 0.25) is 0 Å². The number of benzene rings is 2. The lowest BCUT2D eigenvalue weighted by atomic mass is 10.0. The molecule has 0 aliphatic rings. The summed E-state index contributed by atoms with van der Waals surface area (Å²) < 4.78 is 14.3. The SMILES string of the molecule is Cc1ccc(-c2ccc(C(=O)NC(C)C(C)C(=O)O)c(F)c2)cc1. The van der Waals surface area contributed by atoms with Crippen molar-refractivity contribution >= 4 is 11.9 Å². The number of aliphatic carboxylic acids is 1. The zero-order valence-corrected chi connectivity index (χ0v) is 13.8. The predicted octanol–water partition coefficient (Wildman–Crippen LogP) is 3.64. The lowest BCUT2D eigenvalue weighted by molar-refractivity contribution is -0.141. The summed E-state index contributed by atoms with van der Waals surface area (Å²) in [4.78, 5) is 23.1. The van der Waals surface area contributed by atoms with Gasteiger partial charge in [0.15, 0.2) is 0 Å². The van der Waals surface area contributed by atoms with E-state index in [4.69, 9.17) is 5.11 Å². The van der Waals surface area contributed by atoms with E-state index in [9.17, 15) is 14.0 Å². The van der Waals surface area contributed by atoms with E-state index in [0.29, 0.717) is 5.56 Å². The largest absolute Gasteiger partial charge is 0.481 e. The molecule has 24 heavy (non-hydrogen) atoms. The summed E-state index contributed by atoms with van der Waals surface area (Å²) in [5.41, 5.74) is 2.54. The minimum Gasteiger partial charge on any atom is -0.481 e. The number of amides is 1. The zero-order chi connectivity index (χ0) is 17.9. The van der Waals surface area contributed by atoms with Crippen LogP contribution in [0.3, 0.4) is 0 Å². The number of halogens is 1. The number of hydrogen-bond donors (Lipinski definition) is 2. The van der Waals surface area contributed by atoms with Crippen molar-refractivity contribution in [1.82, 2.24) is 5.32 Å². The summed E-state index contributed by atoms with van der Waals surface area (Å²) in [7, 11) is 0. The van der Waals surface area contributed by atoms with E-state index in [1.54, 1.807) is 13.0 Å². The number of nitrogens with one attached hydrogen (secondary N) is 1. The fourth-order valence-electron chi connectivity index (χ4n) is 2.25. The van der Waals surface area contributed by atoms with E-state index in [-0.39, 0.29) is 5.56 Å². The number of aryl methyl sites for hydroxylation is 1. The molecule has 0 spiro atoms. The molecule has 0 aliphatic carbocycles. The Hall–Kier alpha value is -2.69. The average Bonchev–Trinajstić information content (AvgIpc) is 2.54. The van der Waals surface area contributed by atoms with Crippen LogP contribution in [0.4, 0.5) is 4.39 Å². The minimum atomic E-state index is -1.02. The van der Waals surface area contributed by atoms with E-state index in [2.05, 4.69) is 5.32 Å². The summed E-state index contributed by atoms with van der Waals surface area (Å²) in [6, 6.07) is 11.4. The second-order valence-corrected chi connectivity index (χ2v) is 5.95. The number of hydrogen-bond acceptors (Lipinski definition) is 2. The van der Waals surface area contributed by atoms with Crippen LogP contribution in [-0.2, 0) is 4.79 Å². The van der Waals surface area contributed by atoms with Crippen molar-refractivity contribution in [2.75, 3.05) is 0 Å². The number of carboxylic acid groups (broad SMARTS) is 1. The monoisotopic (exact) mass is 329 g/mol. The molecule has 2 unspecified atom stereocenters. The maximum atomic E-state index is 14.3. The first-order chi connectivity index (χ1) is 11.3. The van der Waals surface area contributed by atoms with Crippen molar-refractivity contribution < 1.29 is 19.1 Å². The topological polar surface area (TPSA) is 66.4 Å². The van der Waals surface area contributed by atoms with Crippen molar-refractivity contribution in [3.63, 3.8) is 0 Å². The van der Waals surface area contributed by atoms with Gasteiger partial charge in [-0.3, -0.25) is 9.59 Å². The molecule has 0 aromatic heterocycles. The average molecular weight is 329 g/mol. The number of carbonyl (C=O) groups excluding carboxylic acids is 1. The van der Waals surface area contributed by atoms with Gasteiger partial charge in [-0.25, -0.2) is 4.39 Å². The van der Waals surface area contributed by atoms with E-state index in [1.165, 1.54) is 19.1 Å². The first-order valence-corrected chi connectivity index (χ1v) is 7.70. The van der Waals surface area contributed by atoms with Crippen LogP contribution in [0.15, 0.2) is 42.5 Å². The molecule has 0 radical (unpaired) electrons. The Labute approximate surface area is 140 Å². The van der Waals surface area contributed by atoms with Crippen LogP contribution in [-0.4, -0.2) is 23.0 Å². The van der Waals surface area contributed by atoms with Gasteiger partial charge in [0.25, 0.3) is 5.91 Å². The van der Waals surface area contributed by atoms with Crippen LogP contribution in [0.1, 0.15) is 29.8 Å². The van der Waals surface area contributed by atoms with Crippen LogP contribution in [0.25, 0.3) is 11.1 Å². The number of rotatable bonds is 5. The van der Waals surface area contributed by atoms with Crippen LogP contribution < -0.4 is 5.32 Å².